The zero-order chi connectivity index (χ0) is 28.6. The van der Waals surface area contributed by atoms with Crippen LogP contribution in [0.2, 0.25) is 0 Å². The van der Waals surface area contributed by atoms with Crippen molar-refractivity contribution in [1.82, 2.24) is 14.1 Å². The fourth-order valence-corrected chi connectivity index (χ4v) is 6.08. The van der Waals surface area contributed by atoms with Crippen LogP contribution in [-0.2, 0) is 9.53 Å². The number of hydrogen-bond donors (Lipinski definition) is 0. The van der Waals surface area contributed by atoms with Crippen molar-refractivity contribution >= 4 is 23.4 Å². The molecule has 0 unspecified atom stereocenters. The number of rotatable bonds is 7. The van der Waals surface area contributed by atoms with Crippen LogP contribution in [0.25, 0.3) is 11.8 Å². The summed E-state index contributed by atoms with van der Waals surface area (Å²) in [7, 11) is 0. The zero-order valence-corrected chi connectivity index (χ0v) is 24.3. The highest BCUT2D eigenvalue weighted by Gasteiger charge is 2.33. The lowest BCUT2D eigenvalue weighted by Crippen LogP contribution is -2.40. The minimum atomic E-state index is -0.678. The van der Waals surface area contributed by atoms with Gasteiger partial charge in [0.1, 0.15) is 5.75 Å². The molecule has 9 heteroatoms. The molecule has 8 nitrogen and oxygen atoms in total. The molecule has 1 atom stereocenters. The molecule has 0 radical (unpaired) electrons. The first kappa shape index (κ1) is 27.3. The molecule has 0 saturated heterocycles. The predicted octanol–water partition coefficient (Wildman–Crippen LogP) is 4.39. The molecule has 0 amide bonds. The monoisotopic (exact) mass is 556 g/mol. The van der Waals surface area contributed by atoms with E-state index in [0.717, 1.165) is 34.0 Å². The normalized spacial score (nSPS) is 15.3. The summed E-state index contributed by atoms with van der Waals surface area (Å²) in [6.07, 6.45) is 5.15. The first-order valence-corrected chi connectivity index (χ1v) is 14.1. The number of nitrogens with zero attached hydrogens (tertiary/aromatic N) is 4. The van der Waals surface area contributed by atoms with E-state index in [2.05, 4.69) is 15.6 Å². The lowest BCUT2D eigenvalue weighted by atomic mass is 9.96. The number of carbonyl (C=O) groups excluding carboxylic acids is 1. The molecule has 1 aliphatic rings. The topological polar surface area (TPSA) is 87.7 Å². The molecule has 4 aromatic rings. The number of ether oxygens (including phenoxy) is 2. The average molecular weight is 557 g/mol. The third-order valence-electron chi connectivity index (χ3n) is 6.75. The van der Waals surface area contributed by atoms with E-state index >= 15 is 0 Å². The van der Waals surface area contributed by atoms with E-state index in [9.17, 15) is 9.59 Å². The van der Waals surface area contributed by atoms with Gasteiger partial charge in [-0.3, -0.25) is 14.3 Å². The van der Waals surface area contributed by atoms with E-state index in [4.69, 9.17) is 14.5 Å². The standard InChI is InChI=1S/C31H32N4O4S/c1-7-38-25-12-10-22(11-13-25)28-27(30(37)39-18(2)3)20(5)33-31-35(28)29(36)26(40-31)16-23-15-19(4)34(21(23)6)24-9-8-14-32-17-24/h8-18,28H,7H2,1-6H3/b26-16+/t28-/m0/s1. The third kappa shape index (κ3) is 5.04. The summed E-state index contributed by atoms with van der Waals surface area (Å²) in [4.78, 5) is 36.8. The van der Waals surface area contributed by atoms with Crippen LogP contribution in [0.3, 0.4) is 0 Å². The fourth-order valence-electron chi connectivity index (χ4n) is 5.05. The first-order valence-electron chi connectivity index (χ1n) is 13.2. The Balaban J connectivity index is 1.67. The Morgan fingerprint density at radius 3 is 2.55 bits per heavy atom. The summed E-state index contributed by atoms with van der Waals surface area (Å²) in [5.74, 6) is 0.235. The van der Waals surface area contributed by atoms with Crippen molar-refractivity contribution in [2.75, 3.05) is 6.61 Å². The van der Waals surface area contributed by atoms with Crippen LogP contribution in [0.5, 0.6) is 5.75 Å². The summed E-state index contributed by atoms with van der Waals surface area (Å²) < 4.78 is 15.5. The first-order chi connectivity index (χ1) is 19.2. The van der Waals surface area contributed by atoms with E-state index < -0.39 is 12.0 Å². The molecule has 0 spiro atoms. The summed E-state index contributed by atoms with van der Waals surface area (Å²) in [5, 5.41) is 0. The Kier molecular flexibility index (Phi) is 7.58. The SMILES string of the molecule is CCOc1ccc([C@H]2C(C(=O)OC(C)C)=C(C)N=c3s/c(=C/c4cc(C)n(-c5cccnc5)c4C)c(=O)n32)cc1. The molecule has 1 aromatic carbocycles. The Bertz CT molecular complexity index is 1780. The molecule has 3 aromatic heterocycles. The fraction of sp³-hybridized carbons (Fsp3) is 0.290. The number of pyridine rings is 1. The number of carbonyl (C=O) groups is 1. The largest absolute Gasteiger partial charge is 0.494 e. The van der Waals surface area contributed by atoms with Gasteiger partial charge in [0.25, 0.3) is 5.56 Å². The van der Waals surface area contributed by atoms with Crippen LogP contribution in [0.4, 0.5) is 0 Å². The minimum Gasteiger partial charge on any atom is -0.494 e. The van der Waals surface area contributed by atoms with Crippen LogP contribution in [0.1, 0.15) is 56.3 Å². The van der Waals surface area contributed by atoms with E-state index in [0.29, 0.717) is 27.2 Å². The van der Waals surface area contributed by atoms with Gasteiger partial charge in [-0.1, -0.05) is 23.5 Å². The van der Waals surface area contributed by atoms with Gasteiger partial charge in [0.2, 0.25) is 0 Å². The van der Waals surface area contributed by atoms with Crippen molar-refractivity contribution in [1.29, 1.82) is 0 Å². The van der Waals surface area contributed by atoms with Crippen molar-refractivity contribution in [3.63, 3.8) is 0 Å². The number of esters is 1. The number of allylic oxidation sites excluding steroid dienone is 1. The summed E-state index contributed by atoms with van der Waals surface area (Å²) in [6, 6.07) is 12.8. The quantitative estimate of drug-likeness (QED) is 0.315. The Labute approximate surface area is 236 Å². The van der Waals surface area contributed by atoms with Crippen LogP contribution in [-0.4, -0.2) is 32.8 Å². The van der Waals surface area contributed by atoms with Crippen molar-refractivity contribution < 1.29 is 14.3 Å². The highest BCUT2D eigenvalue weighted by Crippen LogP contribution is 2.32. The maximum Gasteiger partial charge on any atom is 0.338 e. The molecule has 0 saturated carbocycles. The molecule has 0 aliphatic carbocycles. The van der Waals surface area contributed by atoms with Gasteiger partial charge in [-0.15, -0.1) is 0 Å². The van der Waals surface area contributed by atoms with Gasteiger partial charge in [-0.25, -0.2) is 9.79 Å². The van der Waals surface area contributed by atoms with Gasteiger partial charge < -0.3 is 14.0 Å². The highest BCUT2D eigenvalue weighted by molar-refractivity contribution is 7.07. The van der Waals surface area contributed by atoms with Gasteiger partial charge >= 0.3 is 5.97 Å². The molecule has 5 rings (SSSR count). The number of aryl methyl sites for hydroxylation is 1. The minimum absolute atomic E-state index is 0.212. The second-order valence-corrected chi connectivity index (χ2v) is 10.9. The van der Waals surface area contributed by atoms with Crippen LogP contribution in [0, 0.1) is 13.8 Å². The summed E-state index contributed by atoms with van der Waals surface area (Å²) >= 11 is 1.31. The Morgan fingerprint density at radius 2 is 1.90 bits per heavy atom. The summed E-state index contributed by atoms with van der Waals surface area (Å²) in [5.41, 5.74) is 5.37. The number of aromatic nitrogens is 3. The van der Waals surface area contributed by atoms with Crippen molar-refractivity contribution in [3.05, 3.63) is 108 Å². The van der Waals surface area contributed by atoms with E-state index in [1.165, 1.54) is 11.3 Å². The third-order valence-corrected chi connectivity index (χ3v) is 7.74. The molecule has 0 N–H and O–H groups in total. The molecule has 4 heterocycles. The zero-order valence-electron chi connectivity index (χ0n) is 23.5. The number of hydrogen-bond acceptors (Lipinski definition) is 7. The van der Waals surface area contributed by atoms with Gasteiger partial charge in [-0.05, 0) is 89.1 Å². The maximum atomic E-state index is 14.0. The number of fused-ring (bicyclic) bond motifs is 1. The smallest absolute Gasteiger partial charge is 0.338 e. The van der Waals surface area contributed by atoms with Crippen LogP contribution in [0.15, 0.2) is 75.9 Å². The average Bonchev–Trinajstić information content (AvgIpc) is 3.37. The summed E-state index contributed by atoms with van der Waals surface area (Å²) in [6.45, 7) is 11.9. The van der Waals surface area contributed by atoms with Crippen molar-refractivity contribution in [2.24, 2.45) is 4.99 Å². The van der Waals surface area contributed by atoms with Crippen LogP contribution >= 0.6 is 11.3 Å². The number of benzene rings is 1. The second-order valence-electron chi connectivity index (χ2n) is 9.91. The lowest BCUT2D eigenvalue weighted by Gasteiger charge is -2.25. The molecule has 1 aliphatic heterocycles. The van der Waals surface area contributed by atoms with E-state index in [1.807, 2.05) is 69.4 Å². The second kappa shape index (κ2) is 11.1. The molecule has 0 bridgehead atoms. The molecule has 0 fully saturated rings. The molecule has 40 heavy (non-hydrogen) atoms. The predicted molar refractivity (Wildman–Crippen MR) is 156 cm³/mol. The van der Waals surface area contributed by atoms with E-state index in [1.54, 1.807) is 31.5 Å². The maximum absolute atomic E-state index is 14.0. The lowest BCUT2D eigenvalue weighted by molar-refractivity contribution is -0.143. The van der Waals surface area contributed by atoms with Gasteiger partial charge in [0, 0.05) is 17.6 Å². The molecule has 206 valence electrons. The Hall–Kier alpha value is -4.24. The van der Waals surface area contributed by atoms with E-state index in [-0.39, 0.29) is 11.7 Å². The Morgan fingerprint density at radius 1 is 1.15 bits per heavy atom. The van der Waals surface area contributed by atoms with Gasteiger partial charge in [0.05, 0.1) is 46.4 Å². The molecular formula is C31H32N4O4S. The van der Waals surface area contributed by atoms with Crippen molar-refractivity contribution in [3.8, 4) is 11.4 Å². The van der Waals surface area contributed by atoms with Gasteiger partial charge in [0.15, 0.2) is 4.80 Å². The highest BCUT2D eigenvalue weighted by atomic mass is 32.1. The molecular weight excluding hydrogens is 524 g/mol. The van der Waals surface area contributed by atoms with Gasteiger partial charge in [-0.2, -0.15) is 0 Å². The van der Waals surface area contributed by atoms with Crippen molar-refractivity contribution in [2.45, 2.75) is 53.7 Å². The number of thiazole rings is 1. The van der Waals surface area contributed by atoms with Crippen LogP contribution < -0.4 is 19.6 Å².